The zero-order valence-corrected chi connectivity index (χ0v) is 11.3. The van der Waals surface area contributed by atoms with Crippen molar-refractivity contribution in [3.05, 3.63) is 35.0 Å². The zero-order chi connectivity index (χ0) is 10.1. The first-order chi connectivity index (χ1) is 5.94. The summed E-state index contributed by atoms with van der Waals surface area (Å²) in [6.45, 7) is 1.81. The van der Waals surface area contributed by atoms with Gasteiger partial charge in [-0.25, -0.2) is 8.42 Å². The van der Waals surface area contributed by atoms with Crippen LogP contribution in [0.25, 0.3) is 0 Å². The van der Waals surface area contributed by atoms with Crippen LogP contribution in [-0.2, 0) is 10.0 Å². The van der Waals surface area contributed by atoms with Gasteiger partial charge >= 0.3 is 29.6 Å². The van der Waals surface area contributed by atoms with E-state index in [9.17, 15) is 13.6 Å². The van der Waals surface area contributed by atoms with E-state index in [2.05, 4.69) is 0 Å². The van der Waals surface area contributed by atoms with Crippen LogP contribution < -0.4 is 29.6 Å². The van der Waals surface area contributed by atoms with Crippen LogP contribution in [0.1, 0.15) is 5.56 Å². The molecule has 1 aromatic carbocycles. The van der Waals surface area contributed by atoms with E-state index in [1.165, 1.54) is 12.1 Å². The number of halogens is 1. The van der Waals surface area contributed by atoms with Crippen molar-refractivity contribution in [3.8, 4) is 0 Å². The standard InChI is InChI=1S/C7H7ClNO3S.Na/c1-6-2-4-7(5-3-6)13(11,12)9(8)10;/h2-5H,1H3;/q-1;+1. The molecule has 14 heavy (non-hydrogen) atoms. The summed E-state index contributed by atoms with van der Waals surface area (Å²) in [6.07, 6.45) is 0. The molecule has 0 N–H and O–H groups in total. The Hall–Kier alpha value is 0.380. The third kappa shape index (κ3) is 3.20. The van der Waals surface area contributed by atoms with Gasteiger partial charge in [0.1, 0.15) is 0 Å². The van der Waals surface area contributed by atoms with E-state index < -0.39 is 14.0 Å². The number of sulfonamides is 1. The topological polar surface area (TPSA) is 60.4 Å². The number of nitrogens with zero attached hydrogens (tertiary/aromatic N) is 1. The molecule has 0 saturated carbocycles. The molecule has 0 amide bonds. The van der Waals surface area contributed by atoms with Crippen molar-refractivity contribution < 1.29 is 38.0 Å². The van der Waals surface area contributed by atoms with Crippen molar-refractivity contribution in [1.29, 1.82) is 0 Å². The predicted octanol–water partition coefficient (Wildman–Crippen LogP) is -1.36. The normalized spacial score (nSPS) is 11.1. The first-order valence-corrected chi connectivity index (χ1v) is 5.17. The van der Waals surface area contributed by atoms with Gasteiger partial charge in [0.05, 0.1) is 4.90 Å². The van der Waals surface area contributed by atoms with Crippen molar-refractivity contribution in [3.63, 3.8) is 0 Å². The second-order valence-corrected chi connectivity index (χ2v) is 4.76. The number of benzene rings is 1. The number of hydrogen-bond acceptors (Lipinski definition) is 3. The molecule has 0 radical (unpaired) electrons. The van der Waals surface area contributed by atoms with E-state index in [1.807, 2.05) is 6.92 Å². The largest absolute Gasteiger partial charge is 1.00 e. The molecule has 0 fully saturated rings. The average molecular weight is 244 g/mol. The molecule has 0 bridgehead atoms. The smallest absolute Gasteiger partial charge is 0.758 e. The Morgan fingerprint density at radius 2 is 1.71 bits per heavy atom. The summed E-state index contributed by atoms with van der Waals surface area (Å²) in [5, 5.41) is 10.4. The Morgan fingerprint density at radius 3 is 2.07 bits per heavy atom. The van der Waals surface area contributed by atoms with E-state index >= 15 is 0 Å². The van der Waals surface area contributed by atoms with Gasteiger partial charge in [0, 0.05) is 0 Å². The molecule has 4 nitrogen and oxygen atoms in total. The summed E-state index contributed by atoms with van der Waals surface area (Å²) in [5.41, 5.74) is 0.908. The van der Waals surface area contributed by atoms with E-state index in [0.717, 1.165) is 5.56 Å². The second-order valence-electron chi connectivity index (χ2n) is 2.50. The number of aryl methyl sites for hydroxylation is 1. The van der Waals surface area contributed by atoms with Crippen LogP contribution in [0.15, 0.2) is 29.2 Å². The van der Waals surface area contributed by atoms with E-state index in [4.69, 9.17) is 11.8 Å². The van der Waals surface area contributed by atoms with Gasteiger partial charge in [0.2, 0.25) is 10.0 Å². The SMILES string of the molecule is Cc1ccc(S(=O)(=O)N([O-])Cl)cc1.[Na+]. The molecule has 0 aliphatic heterocycles. The monoisotopic (exact) mass is 243 g/mol. The maximum absolute atomic E-state index is 11.1. The van der Waals surface area contributed by atoms with Gasteiger partial charge in [-0.2, -0.15) is 3.99 Å². The molecular weight excluding hydrogens is 237 g/mol. The van der Waals surface area contributed by atoms with Crippen molar-refractivity contribution in [1.82, 2.24) is 3.99 Å². The van der Waals surface area contributed by atoms with Crippen LogP contribution in [0.5, 0.6) is 0 Å². The molecule has 0 aromatic heterocycles. The average Bonchev–Trinajstić information content (AvgIpc) is 2.04. The van der Waals surface area contributed by atoms with Crippen LogP contribution >= 0.6 is 11.8 Å². The van der Waals surface area contributed by atoms with Crippen LogP contribution in [0.3, 0.4) is 0 Å². The van der Waals surface area contributed by atoms with Crippen molar-refractivity contribution in [2.75, 3.05) is 0 Å². The Kier molecular flexibility index (Phi) is 5.61. The van der Waals surface area contributed by atoms with Crippen molar-refractivity contribution in [2.24, 2.45) is 0 Å². The Bertz CT molecular complexity index is 390. The first-order valence-electron chi connectivity index (χ1n) is 3.39. The zero-order valence-electron chi connectivity index (χ0n) is 7.77. The quantitative estimate of drug-likeness (QED) is 0.366. The van der Waals surface area contributed by atoms with Gasteiger partial charge in [-0.1, -0.05) is 17.7 Å². The van der Waals surface area contributed by atoms with Crippen LogP contribution in [0.4, 0.5) is 0 Å². The summed E-state index contributed by atoms with van der Waals surface area (Å²) >= 11 is 4.83. The Morgan fingerprint density at radius 1 is 1.29 bits per heavy atom. The van der Waals surface area contributed by atoms with Crippen LogP contribution in [0, 0.1) is 12.1 Å². The molecule has 0 heterocycles. The summed E-state index contributed by atoms with van der Waals surface area (Å²) in [4.78, 5) is -0.108. The number of rotatable bonds is 2. The molecule has 0 saturated heterocycles. The Labute approximate surface area is 110 Å². The number of hydrogen-bond donors (Lipinski definition) is 0. The molecule has 0 aliphatic carbocycles. The van der Waals surface area contributed by atoms with Crippen molar-refractivity contribution >= 4 is 21.8 Å². The summed E-state index contributed by atoms with van der Waals surface area (Å²) in [5.74, 6) is 0. The van der Waals surface area contributed by atoms with Gasteiger partial charge in [-0.05, 0) is 30.8 Å². The minimum atomic E-state index is -4.05. The fourth-order valence-electron chi connectivity index (χ4n) is 0.793. The summed E-state index contributed by atoms with van der Waals surface area (Å²) in [6, 6.07) is 5.84. The van der Waals surface area contributed by atoms with Gasteiger partial charge in [0.25, 0.3) is 0 Å². The van der Waals surface area contributed by atoms with Crippen LogP contribution in [0.2, 0.25) is 0 Å². The minimum absolute atomic E-state index is 0. The molecule has 1 rings (SSSR count). The molecule has 72 valence electrons. The minimum Gasteiger partial charge on any atom is -0.758 e. The third-order valence-electron chi connectivity index (χ3n) is 1.51. The van der Waals surface area contributed by atoms with E-state index in [0.29, 0.717) is 0 Å². The maximum Gasteiger partial charge on any atom is 1.00 e. The fourth-order valence-corrected chi connectivity index (χ4v) is 1.68. The van der Waals surface area contributed by atoms with Gasteiger partial charge in [-0.3, -0.25) is 0 Å². The third-order valence-corrected chi connectivity index (χ3v) is 3.30. The molecule has 7 heteroatoms. The van der Waals surface area contributed by atoms with Gasteiger partial charge < -0.3 is 5.21 Å². The molecule has 0 atom stereocenters. The molecule has 0 unspecified atom stereocenters. The fraction of sp³-hybridized carbons (Fsp3) is 0.143. The van der Waals surface area contributed by atoms with Crippen LogP contribution in [-0.4, -0.2) is 12.4 Å². The summed E-state index contributed by atoms with van der Waals surface area (Å²) < 4.78 is 21.7. The predicted molar refractivity (Wildman–Crippen MR) is 49.4 cm³/mol. The second kappa shape index (κ2) is 5.46. The van der Waals surface area contributed by atoms with Gasteiger partial charge in [-0.15, -0.1) is 0 Å². The summed E-state index contributed by atoms with van der Waals surface area (Å²) in [7, 11) is -4.05. The Balaban J connectivity index is 0.00000169. The van der Waals surface area contributed by atoms with Crippen molar-refractivity contribution in [2.45, 2.75) is 11.8 Å². The molecule has 1 aromatic rings. The maximum atomic E-state index is 11.1. The van der Waals surface area contributed by atoms with E-state index in [1.54, 1.807) is 12.1 Å². The molecular formula is C7H7ClNNaO3S. The van der Waals surface area contributed by atoms with Gasteiger partial charge in [0.15, 0.2) is 0 Å². The van der Waals surface area contributed by atoms with E-state index in [-0.39, 0.29) is 34.5 Å². The first kappa shape index (κ1) is 14.4. The molecule has 0 aliphatic rings. The molecule has 0 spiro atoms.